The molecule has 0 spiro atoms. The van der Waals surface area contributed by atoms with Gasteiger partial charge in [0.05, 0.1) is 16.8 Å². The van der Waals surface area contributed by atoms with Gasteiger partial charge in [0.1, 0.15) is 0 Å². The number of sulfonamides is 1. The number of piperazine rings is 1. The summed E-state index contributed by atoms with van der Waals surface area (Å²) < 4.78 is 28.7. The Hall–Kier alpha value is -2.57. The van der Waals surface area contributed by atoms with E-state index in [1.54, 1.807) is 4.52 Å². The van der Waals surface area contributed by atoms with Crippen LogP contribution in [0.1, 0.15) is 5.69 Å². The molecule has 0 bridgehead atoms. The monoisotopic (exact) mass is 408 g/mol. The van der Waals surface area contributed by atoms with Gasteiger partial charge in [-0.25, -0.2) is 17.9 Å². The maximum Gasteiger partial charge on any atom is 0.289 e. The number of aromatic nitrogens is 3. The summed E-state index contributed by atoms with van der Waals surface area (Å²) in [5.41, 5.74) is 0.483. The normalized spacial score (nSPS) is 16.1. The van der Waals surface area contributed by atoms with Crippen molar-refractivity contribution in [3.8, 4) is 0 Å². The molecule has 0 aliphatic carbocycles. The van der Waals surface area contributed by atoms with Gasteiger partial charge in [-0.15, -0.1) is 5.10 Å². The summed E-state index contributed by atoms with van der Waals surface area (Å²) in [7, 11) is -3.93. The average molecular weight is 408 g/mol. The first-order chi connectivity index (χ1) is 12.9. The van der Waals surface area contributed by atoms with Gasteiger partial charge in [0.25, 0.3) is 5.69 Å². The zero-order valence-electron chi connectivity index (χ0n) is 14.3. The summed E-state index contributed by atoms with van der Waals surface area (Å²) in [5.74, 6) is 0. The Balaban J connectivity index is 1.53. The molecule has 0 atom stereocenters. The standard InChI is InChI=1S/C15H16N6O4S2/c1-11-10-20-14(16-11)26-15(17-20)18-6-8-19(9-7-18)27(24,25)13-5-3-2-4-12(13)21(22)23/h2-5,10H,6-9H2,1H3. The lowest BCUT2D eigenvalue weighted by molar-refractivity contribution is -0.387. The van der Waals surface area contributed by atoms with Gasteiger partial charge >= 0.3 is 0 Å². The molecule has 0 radical (unpaired) electrons. The van der Waals surface area contributed by atoms with Gasteiger partial charge in [-0.3, -0.25) is 10.1 Å². The highest BCUT2D eigenvalue weighted by Gasteiger charge is 2.34. The van der Waals surface area contributed by atoms with E-state index in [0.717, 1.165) is 15.8 Å². The van der Waals surface area contributed by atoms with Gasteiger partial charge in [0.2, 0.25) is 20.1 Å². The molecule has 0 unspecified atom stereocenters. The lowest BCUT2D eigenvalue weighted by atomic mass is 10.3. The molecular weight excluding hydrogens is 392 g/mol. The summed E-state index contributed by atoms with van der Waals surface area (Å²) in [4.78, 5) is 17.4. The molecule has 1 aliphatic rings. The van der Waals surface area contributed by atoms with Crippen molar-refractivity contribution in [2.45, 2.75) is 11.8 Å². The Morgan fingerprint density at radius 1 is 1.19 bits per heavy atom. The molecule has 1 saturated heterocycles. The third kappa shape index (κ3) is 3.15. The highest BCUT2D eigenvalue weighted by atomic mass is 32.2. The van der Waals surface area contributed by atoms with Crippen LogP contribution in [0.25, 0.3) is 4.96 Å². The quantitative estimate of drug-likeness (QED) is 0.475. The van der Waals surface area contributed by atoms with Crippen LogP contribution in [0.5, 0.6) is 0 Å². The third-order valence-corrected chi connectivity index (χ3v) is 7.27. The number of nitro benzene ring substituents is 1. The molecule has 3 heterocycles. The van der Waals surface area contributed by atoms with Crippen LogP contribution < -0.4 is 4.90 Å². The number of nitro groups is 1. The fraction of sp³-hybridized carbons (Fsp3) is 0.333. The van der Waals surface area contributed by atoms with E-state index in [0.29, 0.717) is 13.1 Å². The minimum Gasteiger partial charge on any atom is -0.344 e. The van der Waals surface area contributed by atoms with Crippen molar-refractivity contribution < 1.29 is 13.3 Å². The lowest BCUT2D eigenvalue weighted by Crippen LogP contribution is -2.48. The number of hydrogen-bond donors (Lipinski definition) is 0. The first-order valence-electron chi connectivity index (χ1n) is 8.17. The van der Waals surface area contributed by atoms with Crippen molar-refractivity contribution in [1.82, 2.24) is 18.9 Å². The van der Waals surface area contributed by atoms with Crippen LogP contribution in [0.4, 0.5) is 10.8 Å². The van der Waals surface area contributed by atoms with Crippen LogP contribution in [0.2, 0.25) is 0 Å². The second-order valence-corrected chi connectivity index (χ2v) is 8.95. The molecule has 12 heteroatoms. The summed E-state index contributed by atoms with van der Waals surface area (Å²) in [6.45, 7) is 3.27. The maximum absolute atomic E-state index is 12.9. The average Bonchev–Trinajstić information content (AvgIpc) is 3.19. The van der Waals surface area contributed by atoms with Gasteiger partial charge in [-0.1, -0.05) is 23.5 Å². The topological polar surface area (TPSA) is 114 Å². The summed E-state index contributed by atoms with van der Waals surface area (Å²) in [5, 5.41) is 16.4. The fourth-order valence-electron chi connectivity index (χ4n) is 3.01. The van der Waals surface area contributed by atoms with E-state index in [1.807, 2.05) is 18.0 Å². The van der Waals surface area contributed by atoms with E-state index in [-0.39, 0.29) is 18.0 Å². The summed E-state index contributed by atoms with van der Waals surface area (Å²) in [6.07, 6.45) is 1.84. The Kier molecular flexibility index (Phi) is 4.32. The predicted molar refractivity (Wildman–Crippen MR) is 99.7 cm³/mol. The zero-order valence-corrected chi connectivity index (χ0v) is 16.0. The molecule has 2 aromatic heterocycles. The van der Waals surface area contributed by atoms with Crippen molar-refractivity contribution >= 4 is 37.1 Å². The molecule has 3 aromatic rings. The van der Waals surface area contributed by atoms with Gasteiger partial charge in [0, 0.05) is 32.2 Å². The molecule has 0 saturated carbocycles. The van der Waals surface area contributed by atoms with Crippen LogP contribution in [-0.4, -0.2) is 58.4 Å². The maximum atomic E-state index is 12.9. The van der Waals surface area contributed by atoms with E-state index < -0.39 is 20.6 Å². The molecule has 4 rings (SSSR count). The first-order valence-corrected chi connectivity index (χ1v) is 10.4. The number of hydrogen-bond acceptors (Lipinski definition) is 8. The first kappa shape index (κ1) is 17.8. The van der Waals surface area contributed by atoms with Crippen LogP contribution >= 0.6 is 11.3 Å². The largest absolute Gasteiger partial charge is 0.344 e. The van der Waals surface area contributed by atoms with E-state index in [1.165, 1.54) is 39.9 Å². The van der Waals surface area contributed by atoms with Crippen LogP contribution in [-0.2, 0) is 10.0 Å². The number of fused-ring (bicyclic) bond motifs is 1. The van der Waals surface area contributed by atoms with Crippen LogP contribution in [0.15, 0.2) is 35.4 Å². The van der Waals surface area contributed by atoms with Crippen LogP contribution in [0.3, 0.4) is 0 Å². The molecule has 1 fully saturated rings. The Bertz CT molecular complexity index is 1080. The Morgan fingerprint density at radius 3 is 2.56 bits per heavy atom. The van der Waals surface area contributed by atoms with Gasteiger partial charge in [-0.2, -0.15) is 4.31 Å². The lowest BCUT2D eigenvalue weighted by Gasteiger charge is -2.33. The van der Waals surface area contributed by atoms with Crippen molar-refractivity contribution in [2.24, 2.45) is 0 Å². The number of anilines is 1. The Morgan fingerprint density at radius 2 is 1.89 bits per heavy atom. The molecule has 1 aliphatic heterocycles. The minimum atomic E-state index is -3.93. The molecule has 10 nitrogen and oxygen atoms in total. The van der Waals surface area contributed by atoms with Crippen molar-refractivity contribution in [3.63, 3.8) is 0 Å². The van der Waals surface area contributed by atoms with E-state index in [4.69, 9.17) is 0 Å². The molecule has 1 aromatic carbocycles. The zero-order chi connectivity index (χ0) is 19.2. The van der Waals surface area contributed by atoms with Crippen molar-refractivity contribution in [2.75, 3.05) is 31.1 Å². The molecular formula is C15H16N6O4S2. The number of aryl methyl sites for hydroxylation is 1. The number of imidazole rings is 1. The van der Waals surface area contributed by atoms with E-state index in [9.17, 15) is 18.5 Å². The van der Waals surface area contributed by atoms with Crippen molar-refractivity contribution in [1.29, 1.82) is 0 Å². The number of para-hydroxylation sites is 1. The van der Waals surface area contributed by atoms with Gasteiger partial charge in [-0.05, 0) is 13.0 Å². The highest BCUT2D eigenvalue weighted by molar-refractivity contribution is 7.89. The second kappa shape index (κ2) is 6.55. The smallest absolute Gasteiger partial charge is 0.289 e. The highest BCUT2D eigenvalue weighted by Crippen LogP contribution is 2.29. The predicted octanol–water partition coefficient (Wildman–Crippen LogP) is 1.52. The van der Waals surface area contributed by atoms with Gasteiger partial charge in [0.15, 0.2) is 4.90 Å². The number of nitrogens with zero attached hydrogens (tertiary/aromatic N) is 6. The SMILES string of the molecule is Cc1cn2nc(N3CCN(S(=O)(=O)c4ccccc4[N+](=O)[O-])CC3)sc2n1. The van der Waals surface area contributed by atoms with E-state index in [2.05, 4.69) is 10.1 Å². The van der Waals surface area contributed by atoms with E-state index >= 15 is 0 Å². The van der Waals surface area contributed by atoms with Gasteiger partial charge < -0.3 is 4.90 Å². The second-order valence-electron chi connectivity index (χ2n) is 6.11. The molecule has 27 heavy (non-hydrogen) atoms. The molecule has 0 N–H and O–H groups in total. The summed E-state index contributed by atoms with van der Waals surface area (Å²) in [6, 6.07) is 5.42. The third-order valence-electron chi connectivity index (χ3n) is 4.34. The molecule has 142 valence electrons. The number of benzene rings is 1. The van der Waals surface area contributed by atoms with Crippen LogP contribution in [0, 0.1) is 17.0 Å². The Labute approximate surface area is 158 Å². The fourth-order valence-corrected chi connectivity index (χ4v) is 5.57. The van der Waals surface area contributed by atoms with Crippen molar-refractivity contribution in [3.05, 3.63) is 46.3 Å². The summed E-state index contributed by atoms with van der Waals surface area (Å²) >= 11 is 1.45. The minimum absolute atomic E-state index is 0.231. The number of rotatable bonds is 4. The molecule has 0 amide bonds.